The Morgan fingerprint density at radius 2 is 2.29 bits per heavy atom. The zero-order chi connectivity index (χ0) is 12.3. The Kier molecular flexibility index (Phi) is 3.61. The molecule has 3 N–H and O–H groups in total. The maximum atomic E-state index is 5.36. The van der Waals surface area contributed by atoms with Gasteiger partial charge in [0.25, 0.3) is 0 Å². The molecule has 2 aromatic rings. The second kappa shape index (κ2) is 5.16. The summed E-state index contributed by atoms with van der Waals surface area (Å²) in [7, 11) is 1.67. The van der Waals surface area contributed by atoms with Gasteiger partial charge in [-0.1, -0.05) is 13.0 Å². The summed E-state index contributed by atoms with van der Waals surface area (Å²) in [6.07, 6.45) is 0.990. The smallest absolute Gasteiger partial charge is 0.151 e. The molecule has 0 radical (unpaired) electrons. The maximum Gasteiger partial charge on any atom is 0.151 e. The normalized spacial score (nSPS) is 10.3. The van der Waals surface area contributed by atoms with E-state index in [1.54, 1.807) is 18.4 Å². The van der Waals surface area contributed by atoms with Gasteiger partial charge in [-0.3, -0.25) is 0 Å². The van der Waals surface area contributed by atoms with Gasteiger partial charge >= 0.3 is 0 Å². The highest BCUT2D eigenvalue weighted by Crippen LogP contribution is 2.34. The summed E-state index contributed by atoms with van der Waals surface area (Å²) in [4.78, 5) is 4.39. The van der Waals surface area contributed by atoms with Gasteiger partial charge in [0.15, 0.2) is 5.82 Å². The van der Waals surface area contributed by atoms with Gasteiger partial charge in [-0.25, -0.2) is 10.8 Å². The van der Waals surface area contributed by atoms with Crippen LogP contribution in [0.25, 0.3) is 10.6 Å². The number of hydrogen-bond acceptors (Lipinski definition) is 5. The highest BCUT2D eigenvalue weighted by Gasteiger charge is 2.10. The van der Waals surface area contributed by atoms with Crippen molar-refractivity contribution < 1.29 is 4.74 Å². The van der Waals surface area contributed by atoms with E-state index in [4.69, 9.17) is 10.6 Å². The van der Waals surface area contributed by atoms with E-state index in [9.17, 15) is 0 Å². The monoisotopic (exact) mass is 249 g/mol. The van der Waals surface area contributed by atoms with Crippen LogP contribution in [0.5, 0.6) is 5.75 Å². The molecule has 5 heteroatoms. The average molecular weight is 249 g/mol. The summed E-state index contributed by atoms with van der Waals surface area (Å²) in [6.45, 7) is 2.13. The molecule has 1 heterocycles. The number of anilines is 1. The van der Waals surface area contributed by atoms with Crippen molar-refractivity contribution in [2.45, 2.75) is 13.3 Å². The van der Waals surface area contributed by atoms with Gasteiger partial charge in [0.1, 0.15) is 10.8 Å². The van der Waals surface area contributed by atoms with Gasteiger partial charge in [0.2, 0.25) is 0 Å². The van der Waals surface area contributed by atoms with Crippen LogP contribution >= 0.6 is 11.3 Å². The quantitative estimate of drug-likeness (QED) is 0.646. The number of ether oxygens (including phenoxy) is 1. The van der Waals surface area contributed by atoms with Crippen molar-refractivity contribution in [1.82, 2.24) is 4.98 Å². The lowest BCUT2D eigenvalue weighted by molar-refractivity contribution is 0.416. The molecule has 0 unspecified atom stereocenters. The van der Waals surface area contributed by atoms with Crippen LogP contribution < -0.4 is 16.0 Å². The third kappa shape index (κ3) is 2.40. The molecule has 2 rings (SSSR count). The molecular formula is C12H15N3OS. The Labute approximate surface area is 104 Å². The highest BCUT2D eigenvalue weighted by molar-refractivity contribution is 7.13. The number of rotatable bonds is 4. The van der Waals surface area contributed by atoms with Crippen LogP contribution in [0.2, 0.25) is 0 Å². The first-order chi connectivity index (χ1) is 8.28. The number of hydrazine groups is 1. The molecule has 0 bridgehead atoms. The minimum absolute atomic E-state index is 0.675. The Hall–Kier alpha value is -1.59. The van der Waals surface area contributed by atoms with Crippen LogP contribution in [-0.2, 0) is 6.42 Å². The van der Waals surface area contributed by atoms with Crippen molar-refractivity contribution in [2.75, 3.05) is 12.5 Å². The van der Waals surface area contributed by atoms with Gasteiger partial charge < -0.3 is 10.2 Å². The van der Waals surface area contributed by atoms with Crippen molar-refractivity contribution in [1.29, 1.82) is 0 Å². The molecule has 0 atom stereocenters. The average Bonchev–Trinajstić information content (AvgIpc) is 2.86. The van der Waals surface area contributed by atoms with E-state index in [0.29, 0.717) is 5.82 Å². The minimum atomic E-state index is 0.675. The molecule has 1 aromatic carbocycles. The van der Waals surface area contributed by atoms with E-state index in [1.807, 2.05) is 11.4 Å². The first-order valence-electron chi connectivity index (χ1n) is 5.38. The highest BCUT2D eigenvalue weighted by atomic mass is 32.1. The zero-order valence-corrected chi connectivity index (χ0v) is 10.7. The third-order valence-corrected chi connectivity index (χ3v) is 3.43. The molecule has 0 saturated carbocycles. The number of hydrogen-bond donors (Lipinski definition) is 2. The Morgan fingerprint density at radius 3 is 2.88 bits per heavy atom. The van der Waals surface area contributed by atoms with Crippen LogP contribution in [0.4, 0.5) is 5.82 Å². The molecule has 0 spiro atoms. The van der Waals surface area contributed by atoms with Crippen molar-refractivity contribution >= 4 is 17.2 Å². The predicted molar refractivity (Wildman–Crippen MR) is 71.3 cm³/mol. The Morgan fingerprint density at radius 1 is 1.47 bits per heavy atom. The molecule has 0 aliphatic heterocycles. The van der Waals surface area contributed by atoms with Crippen LogP contribution in [0.15, 0.2) is 23.6 Å². The maximum absolute atomic E-state index is 5.36. The molecule has 0 fully saturated rings. The number of methoxy groups -OCH3 is 1. The predicted octanol–water partition coefficient (Wildman–Crippen LogP) is 2.67. The SMILES string of the molecule is CCc1ccc(OC)c(-c2nc(NN)cs2)c1. The molecular weight excluding hydrogens is 234 g/mol. The summed E-state index contributed by atoms with van der Waals surface area (Å²) >= 11 is 1.54. The fourth-order valence-corrected chi connectivity index (χ4v) is 2.39. The number of nitrogens with two attached hydrogens (primary N) is 1. The minimum Gasteiger partial charge on any atom is -0.496 e. The van der Waals surface area contributed by atoms with E-state index in [-0.39, 0.29) is 0 Å². The lowest BCUT2D eigenvalue weighted by Gasteiger charge is -2.07. The van der Waals surface area contributed by atoms with Crippen molar-refractivity contribution in [2.24, 2.45) is 5.84 Å². The molecule has 17 heavy (non-hydrogen) atoms. The standard InChI is InChI=1S/C12H15N3OS/c1-3-8-4-5-10(16-2)9(6-8)12-14-11(15-13)7-17-12/h4-7,15H,3,13H2,1-2H3. The Balaban J connectivity index is 2.47. The van der Waals surface area contributed by atoms with Crippen molar-refractivity contribution in [3.8, 4) is 16.3 Å². The third-order valence-electron chi connectivity index (χ3n) is 2.55. The summed E-state index contributed by atoms with van der Waals surface area (Å²) in [6, 6.07) is 6.15. The van der Waals surface area contributed by atoms with E-state index >= 15 is 0 Å². The number of benzene rings is 1. The number of aromatic nitrogens is 1. The lowest BCUT2D eigenvalue weighted by atomic mass is 10.1. The molecule has 90 valence electrons. The number of aryl methyl sites for hydroxylation is 1. The van der Waals surface area contributed by atoms with Crippen LogP contribution in [0, 0.1) is 0 Å². The molecule has 0 amide bonds. The summed E-state index contributed by atoms with van der Waals surface area (Å²) < 4.78 is 5.36. The fraction of sp³-hybridized carbons (Fsp3) is 0.250. The summed E-state index contributed by atoms with van der Waals surface area (Å²) in [5.74, 6) is 6.84. The topological polar surface area (TPSA) is 60.2 Å². The first-order valence-corrected chi connectivity index (χ1v) is 6.26. The summed E-state index contributed by atoms with van der Waals surface area (Å²) in [5, 5.41) is 2.79. The largest absolute Gasteiger partial charge is 0.496 e. The number of thiazole rings is 1. The van der Waals surface area contributed by atoms with E-state index < -0.39 is 0 Å². The van der Waals surface area contributed by atoms with Gasteiger partial charge in [0.05, 0.1) is 12.7 Å². The van der Waals surface area contributed by atoms with Crippen LogP contribution in [-0.4, -0.2) is 12.1 Å². The molecule has 0 aliphatic rings. The fourth-order valence-electron chi connectivity index (χ4n) is 1.61. The summed E-state index contributed by atoms with van der Waals surface area (Å²) in [5.41, 5.74) is 4.82. The molecule has 0 aliphatic carbocycles. The van der Waals surface area contributed by atoms with E-state index in [0.717, 1.165) is 22.7 Å². The number of nitrogens with zero attached hydrogens (tertiary/aromatic N) is 1. The zero-order valence-electron chi connectivity index (χ0n) is 9.86. The van der Waals surface area contributed by atoms with Gasteiger partial charge in [-0.2, -0.15) is 0 Å². The second-order valence-electron chi connectivity index (χ2n) is 3.57. The van der Waals surface area contributed by atoms with E-state index in [1.165, 1.54) is 5.56 Å². The van der Waals surface area contributed by atoms with E-state index in [2.05, 4.69) is 29.5 Å². The molecule has 4 nitrogen and oxygen atoms in total. The molecule has 0 saturated heterocycles. The first kappa shape index (κ1) is 11.9. The molecule has 1 aromatic heterocycles. The second-order valence-corrected chi connectivity index (χ2v) is 4.43. The van der Waals surface area contributed by atoms with Gasteiger partial charge in [-0.05, 0) is 24.1 Å². The van der Waals surface area contributed by atoms with Gasteiger partial charge in [-0.15, -0.1) is 11.3 Å². The van der Waals surface area contributed by atoms with Crippen LogP contribution in [0.1, 0.15) is 12.5 Å². The van der Waals surface area contributed by atoms with Crippen molar-refractivity contribution in [3.05, 3.63) is 29.1 Å². The lowest BCUT2D eigenvalue weighted by Crippen LogP contribution is -2.06. The van der Waals surface area contributed by atoms with Crippen molar-refractivity contribution in [3.63, 3.8) is 0 Å². The van der Waals surface area contributed by atoms with Crippen LogP contribution in [0.3, 0.4) is 0 Å². The number of nitrogen functional groups attached to an aromatic ring is 1. The van der Waals surface area contributed by atoms with Gasteiger partial charge in [0, 0.05) is 5.38 Å². The number of nitrogens with one attached hydrogen (secondary N) is 1. The Bertz CT molecular complexity index is 510.